The normalized spacial score (nSPS) is 27.3. The molecule has 1 aromatic heterocycles. The lowest BCUT2D eigenvalue weighted by Gasteiger charge is -2.26. The summed E-state index contributed by atoms with van der Waals surface area (Å²) in [5.41, 5.74) is 4.96. The van der Waals surface area contributed by atoms with Crippen LogP contribution in [0.15, 0.2) is 23.6 Å². The maximum Gasteiger partial charge on any atom is 0.323 e. The molecule has 2 unspecified atom stereocenters. The van der Waals surface area contributed by atoms with Crippen LogP contribution in [0.1, 0.15) is 25.7 Å². The second kappa shape index (κ2) is 5.67. The fourth-order valence-corrected chi connectivity index (χ4v) is 3.33. The first-order valence-corrected chi connectivity index (χ1v) is 7.02. The van der Waals surface area contributed by atoms with Gasteiger partial charge in [-0.05, 0) is 30.9 Å². The molecule has 0 aromatic carbocycles. The van der Waals surface area contributed by atoms with Crippen molar-refractivity contribution >= 4 is 17.7 Å². The van der Waals surface area contributed by atoms with Gasteiger partial charge < -0.3 is 10.8 Å². The van der Waals surface area contributed by atoms with Crippen molar-refractivity contribution in [1.82, 2.24) is 9.97 Å². The minimum Gasteiger partial charge on any atom is -0.480 e. The number of rotatable bonds is 5. The lowest BCUT2D eigenvalue weighted by molar-refractivity contribution is -0.144. The van der Waals surface area contributed by atoms with Gasteiger partial charge in [0, 0.05) is 12.4 Å². The Labute approximate surface area is 110 Å². The summed E-state index contributed by atoms with van der Waals surface area (Å²) in [6.07, 6.45) is 8.21. The first kappa shape index (κ1) is 13.3. The van der Waals surface area contributed by atoms with Crippen molar-refractivity contribution in [3.05, 3.63) is 18.6 Å². The molecule has 6 heteroatoms. The van der Waals surface area contributed by atoms with Gasteiger partial charge in [0.25, 0.3) is 0 Å². The number of carboxylic acids is 1. The summed E-state index contributed by atoms with van der Waals surface area (Å²) in [6, 6.07) is 0. The molecule has 1 aromatic rings. The predicted molar refractivity (Wildman–Crippen MR) is 69.3 cm³/mol. The van der Waals surface area contributed by atoms with Crippen LogP contribution in [0.5, 0.6) is 0 Å². The van der Waals surface area contributed by atoms with E-state index in [0.717, 1.165) is 30.0 Å². The van der Waals surface area contributed by atoms with Crippen molar-refractivity contribution in [2.24, 2.45) is 11.7 Å². The number of carbonyl (C=O) groups is 1. The van der Waals surface area contributed by atoms with Gasteiger partial charge in [0.15, 0.2) is 0 Å². The van der Waals surface area contributed by atoms with Gasteiger partial charge in [0.05, 0.1) is 6.20 Å². The third-order valence-electron chi connectivity index (χ3n) is 3.53. The zero-order valence-corrected chi connectivity index (χ0v) is 10.9. The predicted octanol–water partition coefficient (Wildman–Crippen LogP) is 1.54. The van der Waals surface area contributed by atoms with Crippen LogP contribution in [-0.4, -0.2) is 32.3 Å². The first-order chi connectivity index (χ1) is 8.63. The number of thioether (sulfide) groups is 1. The fourth-order valence-electron chi connectivity index (χ4n) is 2.45. The second-order valence-electron chi connectivity index (χ2n) is 4.62. The molecule has 1 fully saturated rings. The molecule has 18 heavy (non-hydrogen) atoms. The number of hydrogen-bond donors (Lipinski definition) is 2. The molecule has 0 saturated heterocycles. The van der Waals surface area contributed by atoms with Crippen LogP contribution < -0.4 is 5.73 Å². The van der Waals surface area contributed by atoms with Gasteiger partial charge in [-0.1, -0.05) is 6.42 Å². The Hall–Kier alpha value is -1.14. The molecular formula is C12H17N3O2S. The summed E-state index contributed by atoms with van der Waals surface area (Å²) in [5.74, 6) is 0.0314. The third-order valence-corrected chi connectivity index (χ3v) is 4.47. The Bertz CT molecular complexity index is 415. The number of carboxylic acid groups (broad SMARTS) is 1. The molecule has 0 amide bonds. The van der Waals surface area contributed by atoms with Gasteiger partial charge in [0.1, 0.15) is 10.6 Å². The summed E-state index contributed by atoms with van der Waals surface area (Å²) in [5, 5.41) is 10.1. The second-order valence-corrected chi connectivity index (χ2v) is 5.73. The van der Waals surface area contributed by atoms with Crippen molar-refractivity contribution in [1.29, 1.82) is 0 Å². The lowest BCUT2D eigenvalue weighted by Crippen LogP contribution is -2.51. The summed E-state index contributed by atoms with van der Waals surface area (Å²) in [4.78, 5) is 19.4. The Morgan fingerprint density at radius 3 is 3.11 bits per heavy atom. The van der Waals surface area contributed by atoms with Crippen LogP contribution in [0, 0.1) is 5.92 Å². The number of nitrogens with two attached hydrogens (primary N) is 1. The minimum absolute atomic E-state index is 0.0687. The topological polar surface area (TPSA) is 89.1 Å². The van der Waals surface area contributed by atoms with Crippen molar-refractivity contribution in [2.75, 3.05) is 5.75 Å². The summed E-state index contributed by atoms with van der Waals surface area (Å²) in [7, 11) is 0. The molecule has 3 N–H and O–H groups in total. The highest BCUT2D eigenvalue weighted by atomic mass is 32.2. The van der Waals surface area contributed by atoms with Crippen LogP contribution in [0.4, 0.5) is 0 Å². The van der Waals surface area contributed by atoms with Crippen LogP contribution in [-0.2, 0) is 4.79 Å². The maximum absolute atomic E-state index is 11.2. The van der Waals surface area contributed by atoms with Crippen molar-refractivity contribution in [3.8, 4) is 0 Å². The number of aliphatic carboxylic acids is 1. The van der Waals surface area contributed by atoms with Crippen molar-refractivity contribution in [3.63, 3.8) is 0 Å². The van der Waals surface area contributed by atoms with E-state index in [4.69, 9.17) is 5.73 Å². The average molecular weight is 267 g/mol. The Morgan fingerprint density at radius 2 is 2.44 bits per heavy atom. The highest BCUT2D eigenvalue weighted by Gasteiger charge is 2.45. The van der Waals surface area contributed by atoms with Crippen LogP contribution >= 0.6 is 11.8 Å². The Kier molecular flexibility index (Phi) is 4.19. The molecule has 0 radical (unpaired) electrons. The number of nitrogens with zero attached hydrogens (tertiary/aromatic N) is 2. The molecule has 1 heterocycles. The summed E-state index contributed by atoms with van der Waals surface area (Å²) in [6.45, 7) is 0. The quantitative estimate of drug-likeness (QED) is 0.787. The van der Waals surface area contributed by atoms with Gasteiger partial charge >= 0.3 is 5.97 Å². The fraction of sp³-hybridized carbons (Fsp3) is 0.583. The average Bonchev–Trinajstić information content (AvgIpc) is 2.74. The van der Waals surface area contributed by atoms with E-state index in [0.29, 0.717) is 6.42 Å². The van der Waals surface area contributed by atoms with E-state index in [1.54, 1.807) is 30.4 Å². The van der Waals surface area contributed by atoms with Crippen molar-refractivity contribution in [2.45, 2.75) is 36.2 Å². The standard InChI is InChI=1S/C12H17N3O2S/c13-12(11(16)17)4-1-2-9(12)3-7-18-10-8-14-5-6-15-10/h5-6,8-9H,1-4,7,13H2,(H,16,17). The van der Waals surface area contributed by atoms with E-state index in [9.17, 15) is 9.90 Å². The molecule has 1 aliphatic carbocycles. The van der Waals surface area contributed by atoms with Gasteiger partial charge in [-0.25, -0.2) is 4.98 Å². The highest BCUT2D eigenvalue weighted by Crippen LogP contribution is 2.37. The molecule has 1 saturated carbocycles. The van der Waals surface area contributed by atoms with Crippen molar-refractivity contribution < 1.29 is 9.90 Å². The molecular weight excluding hydrogens is 250 g/mol. The van der Waals surface area contributed by atoms with E-state index in [1.165, 1.54) is 0 Å². The molecule has 0 bridgehead atoms. The zero-order valence-electron chi connectivity index (χ0n) is 10.1. The number of aromatic nitrogens is 2. The van der Waals surface area contributed by atoms with Crippen LogP contribution in [0.2, 0.25) is 0 Å². The molecule has 1 aliphatic rings. The van der Waals surface area contributed by atoms with Crippen LogP contribution in [0.25, 0.3) is 0 Å². The monoisotopic (exact) mass is 267 g/mol. The van der Waals surface area contributed by atoms with E-state index >= 15 is 0 Å². The van der Waals surface area contributed by atoms with Gasteiger partial charge in [0.2, 0.25) is 0 Å². The SMILES string of the molecule is NC1(C(=O)O)CCCC1CCSc1cnccn1. The smallest absolute Gasteiger partial charge is 0.323 e. The Balaban J connectivity index is 1.85. The summed E-state index contributed by atoms with van der Waals surface area (Å²) < 4.78 is 0. The van der Waals surface area contributed by atoms with Crippen LogP contribution in [0.3, 0.4) is 0 Å². The largest absolute Gasteiger partial charge is 0.480 e. The molecule has 0 spiro atoms. The third kappa shape index (κ3) is 2.81. The van der Waals surface area contributed by atoms with Gasteiger partial charge in [-0.2, -0.15) is 0 Å². The van der Waals surface area contributed by atoms with Gasteiger partial charge in [-0.3, -0.25) is 9.78 Å². The highest BCUT2D eigenvalue weighted by molar-refractivity contribution is 7.99. The Morgan fingerprint density at radius 1 is 1.61 bits per heavy atom. The maximum atomic E-state index is 11.2. The molecule has 5 nitrogen and oxygen atoms in total. The zero-order chi connectivity index (χ0) is 13.0. The number of hydrogen-bond acceptors (Lipinski definition) is 5. The molecule has 98 valence electrons. The van der Waals surface area contributed by atoms with E-state index in [-0.39, 0.29) is 5.92 Å². The molecule has 2 atom stereocenters. The minimum atomic E-state index is -1.02. The van der Waals surface area contributed by atoms with E-state index < -0.39 is 11.5 Å². The molecule has 2 rings (SSSR count). The molecule has 0 aliphatic heterocycles. The van der Waals surface area contributed by atoms with E-state index in [2.05, 4.69) is 9.97 Å². The first-order valence-electron chi connectivity index (χ1n) is 6.04. The lowest BCUT2D eigenvalue weighted by atomic mass is 9.86. The van der Waals surface area contributed by atoms with Gasteiger partial charge in [-0.15, -0.1) is 11.8 Å². The van der Waals surface area contributed by atoms with E-state index in [1.807, 2.05) is 0 Å². The summed E-state index contributed by atoms with van der Waals surface area (Å²) >= 11 is 1.60.